The third-order valence-electron chi connectivity index (χ3n) is 11.8. The van der Waals surface area contributed by atoms with E-state index in [0.29, 0.717) is 31.0 Å². The van der Waals surface area contributed by atoms with Crippen molar-refractivity contribution < 1.29 is 23.5 Å². The number of alkyl halides is 1. The fourth-order valence-corrected chi connectivity index (χ4v) is 9.56. The van der Waals surface area contributed by atoms with Gasteiger partial charge in [-0.3, -0.25) is 9.59 Å². The summed E-state index contributed by atoms with van der Waals surface area (Å²) in [6.07, 6.45) is 12.8. The lowest BCUT2D eigenvalue weighted by Gasteiger charge is -2.61. The molecule has 4 aliphatic heterocycles. The van der Waals surface area contributed by atoms with E-state index in [1.807, 2.05) is 6.20 Å². The first-order valence-corrected chi connectivity index (χ1v) is 16.6. The second kappa shape index (κ2) is 11.9. The monoisotopic (exact) mass is 572 g/mol. The van der Waals surface area contributed by atoms with Crippen LogP contribution in [0.4, 0.5) is 4.39 Å². The number of Topliss-reactive ketones (excluding diaryl/α,β-unsaturated/α-hetero) is 1. The fourth-order valence-electron chi connectivity index (χ4n) is 9.56. The molecule has 0 aromatic heterocycles. The Morgan fingerprint density at radius 2 is 1.90 bits per heavy atom. The van der Waals surface area contributed by atoms with E-state index in [4.69, 9.17) is 9.47 Å². The molecule has 0 aromatic carbocycles. The topological polar surface area (TPSA) is 83.1 Å². The van der Waals surface area contributed by atoms with Gasteiger partial charge in [0.1, 0.15) is 6.17 Å². The molecule has 4 heterocycles. The van der Waals surface area contributed by atoms with Gasteiger partial charge in [-0.15, -0.1) is 0 Å². The Bertz CT molecular complexity index is 1020. The van der Waals surface area contributed by atoms with Crippen molar-refractivity contribution in [2.45, 2.75) is 126 Å². The first kappa shape index (κ1) is 28.2. The molecule has 9 unspecified atom stereocenters. The Labute approximate surface area is 244 Å². The van der Waals surface area contributed by atoms with Crippen molar-refractivity contribution in [2.75, 3.05) is 33.3 Å². The lowest BCUT2D eigenvalue weighted by Crippen LogP contribution is -2.73. The highest BCUT2D eigenvalue weighted by Gasteiger charge is 2.59. The molecule has 3 saturated carbocycles. The summed E-state index contributed by atoms with van der Waals surface area (Å²) in [6.45, 7) is 3.02. The van der Waals surface area contributed by atoms with Crippen LogP contribution in [0.25, 0.3) is 0 Å². The molecule has 0 aromatic rings. The standard InChI is InChI=1S/C32H49FN4O4/c1-36-12-4-8-21(36)10-11-34-32(39)24-18-37-26-14-19-6-2-3-7-20(19)15-27(26)41-31-28(35-17-22-9-5-13-40-22)25(33)16-23(29(31)37)30(24)38/h18-23,25-29,31,35H,2-17H2,1H3,(H,34,39)/t19?,20?,21-,22+,23?,25?,26?,27?,28?,29?,31?/m1/s1. The third kappa shape index (κ3) is 5.38. The van der Waals surface area contributed by atoms with Crippen molar-refractivity contribution in [3.63, 3.8) is 0 Å². The van der Waals surface area contributed by atoms with Crippen molar-refractivity contribution >= 4 is 11.7 Å². The van der Waals surface area contributed by atoms with Gasteiger partial charge in [0.15, 0.2) is 5.78 Å². The van der Waals surface area contributed by atoms with Crippen molar-refractivity contribution in [3.05, 3.63) is 11.8 Å². The van der Waals surface area contributed by atoms with Gasteiger partial charge in [0.05, 0.1) is 42.0 Å². The highest BCUT2D eigenvalue weighted by molar-refractivity contribution is 6.20. The lowest BCUT2D eigenvalue weighted by molar-refractivity contribution is -0.208. The van der Waals surface area contributed by atoms with Gasteiger partial charge in [0.2, 0.25) is 0 Å². The molecule has 0 bridgehead atoms. The predicted octanol–water partition coefficient (Wildman–Crippen LogP) is 2.96. The molecule has 9 heteroatoms. The largest absolute Gasteiger partial charge is 0.377 e. The molecule has 3 saturated heterocycles. The van der Waals surface area contributed by atoms with Crippen LogP contribution in [0.5, 0.6) is 0 Å². The number of amides is 1. The molecule has 8 nitrogen and oxygen atoms in total. The number of carbonyl (C=O) groups is 2. The van der Waals surface area contributed by atoms with E-state index in [9.17, 15) is 9.59 Å². The van der Waals surface area contributed by atoms with Crippen molar-refractivity contribution in [1.29, 1.82) is 0 Å². The number of ether oxygens (including phenoxy) is 2. The van der Waals surface area contributed by atoms with Crippen molar-refractivity contribution in [3.8, 4) is 0 Å². The van der Waals surface area contributed by atoms with Crippen LogP contribution in [0.3, 0.4) is 0 Å². The molecule has 0 spiro atoms. The van der Waals surface area contributed by atoms with E-state index in [1.165, 1.54) is 32.1 Å². The first-order chi connectivity index (χ1) is 20.0. The summed E-state index contributed by atoms with van der Waals surface area (Å²) < 4.78 is 28.7. The SMILES string of the molecule is CN1CCC[C@@H]1CCNC(=O)C1=CN2C3CC4CCCCC4CC3OC3C(NC[C@@H]4CCCO4)C(F)CC(C1=O)C32. The second-order valence-electron chi connectivity index (χ2n) is 14.1. The molecule has 2 N–H and O–H groups in total. The van der Waals surface area contributed by atoms with Crippen LogP contribution in [-0.2, 0) is 19.1 Å². The number of nitrogens with zero attached hydrogens (tertiary/aromatic N) is 2. The summed E-state index contributed by atoms with van der Waals surface area (Å²) in [5, 5.41) is 6.55. The van der Waals surface area contributed by atoms with Gasteiger partial charge < -0.3 is 29.9 Å². The zero-order valence-electron chi connectivity index (χ0n) is 24.6. The number of morpholine rings is 1. The molecule has 6 fully saturated rings. The number of fused-ring (bicyclic) bond motifs is 3. The Kier molecular flexibility index (Phi) is 8.16. The highest BCUT2D eigenvalue weighted by atomic mass is 19.1. The summed E-state index contributed by atoms with van der Waals surface area (Å²) in [4.78, 5) is 32.0. The Morgan fingerprint density at radius 1 is 1.07 bits per heavy atom. The smallest absolute Gasteiger partial charge is 0.256 e. The average Bonchev–Trinajstić information content (AvgIpc) is 3.64. The maximum absolute atomic E-state index is 16.0. The van der Waals surface area contributed by atoms with Gasteiger partial charge in [-0.05, 0) is 76.8 Å². The van der Waals surface area contributed by atoms with E-state index in [2.05, 4.69) is 27.5 Å². The van der Waals surface area contributed by atoms with Gasteiger partial charge >= 0.3 is 0 Å². The first-order valence-electron chi connectivity index (χ1n) is 16.6. The summed E-state index contributed by atoms with van der Waals surface area (Å²) >= 11 is 0. The number of hydrogen-bond acceptors (Lipinski definition) is 7. The number of nitrogens with one attached hydrogen (secondary N) is 2. The molecule has 0 radical (unpaired) electrons. The van der Waals surface area contributed by atoms with Crippen LogP contribution in [0.1, 0.15) is 77.0 Å². The molecule has 7 aliphatic rings. The molecule has 11 atom stereocenters. The highest BCUT2D eigenvalue weighted by Crippen LogP contribution is 2.50. The lowest BCUT2D eigenvalue weighted by atomic mass is 9.65. The molecule has 1 amide bonds. The summed E-state index contributed by atoms with van der Waals surface area (Å²) in [7, 11) is 2.14. The number of ketones is 1. The fraction of sp³-hybridized carbons (Fsp3) is 0.875. The normalized spacial score (nSPS) is 44.1. The summed E-state index contributed by atoms with van der Waals surface area (Å²) in [5.41, 5.74) is 0.217. The van der Waals surface area contributed by atoms with E-state index in [0.717, 1.165) is 51.7 Å². The Morgan fingerprint density at radius 3 is 2.66 bits per heavy atom. The third-order valence-corrected chi connectivity index (χ3v) is 11.8. The van der Waals surface area contributed by atoms with E-state index in [-0.39, 0.29) is 48.0 Å². The van der Waals surface area contributed by atoms with Crippen LogP contribution >= 0.6 is 0 Å². The minimum Gasteiger partial charge on any atom is -0.377 e. The van der Waals surface area contributed by atoms with E-state index in [1.54, 1.807) is 0 Å². The molecule has 41 heavy (non-hydrogen) atoms. The maximum Gasteiger partial charge on any atom is 0.256 e. The van der Waals surface area contributed by atoms with Crippen molar-refractivity contribution in [1.82, 2.24) is 20.4 Å². The van der Waals surface area contributed by atoms with Crippen molar-refractivity contribution in [2.24, 2.45) is 17.8 Å². The van der Waals surface area contributed by atoms with E-state index < -0.39 is 24.2 Å². The van der Waals surface area contributed by atoms with Crippen LogP contribution in [0, 0.1) is 17.8 Å². The number of rotatable bonds is 7. The van der Waals surface area contributed by atoms with E-state index >= 15 is 4.39 Å². The molecule has 228 valence electrons. The Balaban J connectivity index is 1.13. The van der Waals surface area contributed by atoms with Gasteiger partial charge in [-0.2, -0.15) is 0 Å². The maximum atomic E-state index is 16.0. The zero-order chi connectivity index (χ0) is 28.1. The number of hydrogen-bond donors (Lipinski definition) is 2. The zero-order valence-corrected chi connectivity index (χ0v) is 24.6. The molecular formula is C32H49FN4O4. The molecule has 7 rings (SSSR count). The second-order valence-corrected chi connectivity index (χ2v) is 14.1. The number of likely N-dealkylation sites (tertiary alicyclic amines) is 1. The van der Waals surface area contributed by atoms with Gasteiger partial charge in [0.25, 0.3) is 5.91 Å². The van der Waals surface area contributed by atoms with Gasteiger partial charge in [0, 0.05) is 37.9 Å². The van der Waals surface area contributed by atoms with Crippen LogP contribution in [-0.4, -0.2) is 103 Å². The molecule has 3 aliphatic carbocycles. The summed E-state index contributed by atoms with van der Waals surface area (Å²) in [6, 6.07) is -0.0995. The van der Waals surface area contributed by atoms with Gasteiger partial charge in [-0.25, -0.2) is 4.39 Å². The molecular weight excluding hydrogens is 523 g/mol. The minimum absolute atomic E-state index is 0.000229. The minimum atomic E-state index is -1.21. The Hall–Kier alpha value is -1.55. The van der Waals surface area contributed by atoms with Crippen LogP contribution in [0.15, 0.2) is 11.8 Å². The van der Waals surface area contributed by atoms with Crippen LogP contribution < -0.4 is 10.6 Å². The quantitative estimate of drug-likeness (QED) is 0.454. The average molecular weight is 573 g/mol. The summed E-state index contributed by atoms with van der Waals surface area (Å²) in [5.74, 6) is 0.260. The predicted molar refractivity (Wildman–Crippen MR) is 153 cm³/mol. The number of halogens is 1. The van der Waals surface area contributed by atoms with Crippen LogP contribution in [0.2, 0.25) is 0 Å². The number of carbonyl (C=O) groups excluding carboxylic acids is 2. The van der Waals surface area contributed by atoms with Gasteiger partial charge in [-0.1, -0.05) is 25.7 Å².